The smallest absolute Gasteiger partial charge is 0.307 e. The van der Waals surface area contributed by atoms with Crippen LogP contribution in [0.5, 0.6) is 0 Å². The number of halogens is 2. The Morgan fingerprint density at radius 3 is 2.68 bits per heavy atom. The molecule has 19 heavy (non-hydrogen) atoms. The molecule has 0 aromatic heterocycles. The SMILES string of the molecule is O=C(O)C1CCCC1C(=O)Nc1cc(F)ccc1Br. The van der Waals surface area contributed by atoms with Gasteiger partial charge in [-0.3, -0.25) is 9.59 Å². The first kappa shape index (κ1) is 14.0. The summed E-state index contributed by atoms with van der Waals surface area (Å²) in [4.78, 5) is 23.1. The average Bonchev–Trinajstić information content (AvgIpc) is 2.83. The molecule has 1 aliphatic rings. The van der Waals surface area contributed by atoms with Crippen molar-refractivity contribution in [1.29, 1.82) is 0 Å². The summed E-state index contributed by atoms with van der Waals surface area (Å²) in [6.07, 6.45) is 1.78. The molecule has 2 N–H and O–H groups in total. The maximum Gasteiger partial charge on any atom is 0.307 e. The summed E-state index contributed by atoms with van der Waals surface area (Å²) >= 11 is 3.21. The minimum atomic E-state index is -0.948. The van der Waals surface area contributed by atoms with E-state index in [-0.39, 0.29) is 5.91 Å². The molecule has 1 fully saturated rings. The zero-order valence-electron chi connectivity index (χ0n) is 10.0. The molecule has 1 amide bonds. The molecule has 0 spiro atoms. The van der Waals surface area contributed by atoms with Crippen molar-refractivity contribution in [3.8, 4) is 0 Å². The molecule has 1 saturated carbocycles. The Kier molecular flexibility index (Phi) is 4.19. The Morgan fingerprint density at radius 1 is 1.32 bits per heavy atom. The van der Waals surface area contributed by atoms with E-state index in [1.807, 2.05) is 0 Å². The number of anilines is 1. The maximum atomic E-state index is 13.1. The Hall–Kier alpha value is -1.43. The van der Waals surface area contributed by atoms with Crippen molar-refractivity contribution in [2.45, 2.75) is 19.3 Å². The van der Waals surface area contributed by atoms with Crippen LogP contribution in [0.4, 0.5) is 10.1 Å². The van der Waals surface area contributed by atoms with E-state index in [0.29, 0.717) is 23.0 Å². The number of carboxylic acid groups (broad SMARTS) is 1. The summed E-state index contributed by atoms with van der Waals surface area (Å²) in [6.45, 7) is 0. The van der Waals surface area contributed by atoms with E-state index >= 15 is 0 Å². The van der Waals surface area contributed by atoms with Gasteiger partial charge in [0.25, 0.3) is 0 Å². The third-order valence-corrected chi connectivity index (χ3v) is 4.05. The first-order chi connectivity index (χ1) is 8.99. The summed E-state index contributed by atoms with van der Waals surface area (Å²) in [7, 11) is 0. The van der Waals surface area contributed by atoms with E-state index in [4.69, 9.17) is 5.11 Å². The van der Waals surface area contributed by atoms with Crippen LogP contribution in [-0.2, 0) is 9.59 Å². The van der Waals surface area contributed by atoms with Gasteiger partial charge < -0.3 is 10.4 Å². The lowest BCUT2D eigenvalue weighted by Gasteiger charge is -2.16. The van der Waals surface area contributed by atoms with Gasteiger partial charge in [0.2, 0.25) is 5.91 Å². The van der Waals surface area contributed by atoms with E-state index in [9.17, 15) is 14.0 Å². The highest BCUT2D eigenvalue weighted by Gasteiger charge is 2.37. The molecule has 0 saturated heterocycles. The van der Waals surface area contributed by atoms with Crippen molar-refractivity contribution in [2.75, 3.05) is 5.32 Å². The van der Waals surface area contributed by atoms with Crippen LogP contribution < -0.4 is 5.32 Å². The Balaban J connectivity index is 2.12. The Bertz CT molecular complexity index is 521. The van der Waals surface area contributed by atoms with Gasteiger partial charge in [0.05, 0.1) is 17.5 Å². The fourth-order valence-corrected chi connectivity index (χ4v) is 2.73. The zero-order chi connectivity index (χ0) is 14.0. The van der Waals surface area contributed by atoms with E-state index in [1.54, 1.807) is 0 Å². The van der Waals surface area contributed by atoms with Gasteiger partial charge in [-0.25, -0.2) is 4.39 Å². The van der Waals surface area contributed by atoms with Gasteiger partial charge in [-0.15, -0.1) is 0 Å². The molecule has 0 bridgehead atoms. The van der Waals surface area contributed by atoms with Gasteiger partial charge in [-0.2, -0.15) is 0 Å². The minimum absolute atomic E-state index is 0.320. The average molecular weight is 330 g/mol. The lowest BCUT2D eigenvalue weighted by molar-refractivity contribution is -0.145. The normalized spacial score (nSPS) is 22.2. The van der Waals surface area contributed by atoms with Gasteiger partial charge in [-0.05, 0) is 47.0 Å². The van der Waals surface area contributed by atoms with Crippen molar-refractivity contribution in [2.24, 2.45) is 11.8 Å². The topological polar surface area (TPSA) is 66.4 Å². The molecule has 2 unspecified atom stereocenters. The second-order valence-electron chi connectivity index (χ2n) is 4.60. The van der Waals surface area contributed by atoms with Crippen molar-refractivity contribution in [3.63, 3.8) is 0 Å². The number of hydrogen-bond acceptors (Lipinski definition) is 2. The number of rotatable bonds is 3. The van der Waals surface area contributed by atoms with Crippen LogP contribution in [0.15, 0.2) is 22.7 Å². The van der Waals surface area contributed by atoms with E-state index in [2.05, 4.69) is 21.2 Å². The van der Waals surface area contributed by atoms with E-state index < -0.39 is 23.6 Å². The monoisotopic (exact) mass is 329 g/mol. The molecule has 102 valence electrons. The molecule has 6 heteroatoms. The number of carboxylic acids is 1. The number of benzene rings is 1. The first-order valence-electron chi connectivity index (χ1n) is 5.98. The van der Waals surface area contributed by atoms with Gasteiger partial charge in [0.15, 0.2) is 0 Å². The van der Waals surface area contributed by atoms with Crippen molar-refractivity contribution in [1.82, 2.24) is 0 Å². The number of carbonyl (C=O) groups excluding carboxylic acids is 1. The van der Waals surface area contributed by atoms with Crippen LogP contribution in [0.2, 0.25) is 0 Å². The van der Waals surface area contributed by atoms with Crippen LogP contribution in [0.3, 0.4) is 0 Å². The quantitative estimate of drug-likeness (QED) is 0.895. The summed E-state index contributed by atoms with van der Waals surface area (Å²) in [6, 6.07) is 3.97. The molecule has 0 radical (unpaired) electrons. The van der Waals surface area contributed by atoms with Crippen LogP contribution in [0, 0.1) is 17.7 Å². The van der Waals surface area contributed by atoms with Crippen LogP contribution >= 0.6 is 15.9 Å². The standard InChI is InChI=1S/C13H13BrFNO3/c14-10-5-4-7(15)6-11(10)16-12(17)8-2-1-3-9(8)13(18)19/h4-6,8-9H,1-3H2,(H,16,17)(H,18,19). The number of hydrogen-bond donors (Lipinski definition) is 2. The lowest BCUT2D eigenvalue weighted by Crippen LogP contribution is -2.30. The van der Waals surface area contributed by atoms with Crippen LogP contribution in [-0.4, -0.2) is 17.0 Å². The number of nitrogens with one attached hydrogen (secondary N) is 1. The van der Waals surface area contributed by atoms with Gasteiger partial charge in [0, 0.05) is 4.47 Å². The zero-order valence-corrected chi connectivity index (χ0v) is 11.6. The second-order valence-corrected chi connectivity index (χ2v) is 5.45. The minimum Gasteiger partial charge on any atom is -0.481 e. The van der Waals surface area contributed by atoms with Gasteiger partial charge in [-0.1, -0.05) is 6.42 Å². The van der Waals surface area contributed by atoms with Gasteiger partial charge in [0.1, 0.15) is 5.82 Å². The van der Waals surface area contributed by atoms with Crippen molar-refractivity contribution >= 4 is 33.5 Å². The van der Waals surface area contributed by atoms with Crippen molar-refractivity contribution in [3.05, 3.63) is 28.5 Å². The summed E-state index contributed by atoms with van der Waals surface area (Å²) in [5.74, 6) is -2.97. The molecule has 1 aromatic rings. The molecule has 1 aromatic carbocycles. The largest absolute Gasteiger partial charge is 0.481 e. The fourth-order valence-electron chi connectivity index (χ4n) is 2.39. The van der Waals surface area contributed by atoms with E-state index in [0.717, 1.165) is 6.42 Å². The fraction of sp³-hybridized carbons (Fsp3) is 0.385. The first-order valence-corrected chi connectivity index (χ1v) is 6.77. The Labute approximate surface area is 118 Å². The predicted octanol–water partition coefficient (Wildman–Crippen LogP) is 3.03. The lowest BCUT2D eigenvalue weighted by atomic mass is 9.95. The van der Waals surface area contributed by atoms with Crippen LogP contribution in [0.25, 0.3) is 0 Å². The molecule has 4 nitrogen and oxygen atoms in total. The second kappa shape index (κ2) is 5.69. The highest BCUT2D eigenvalue weighted by molar-refractivity contribution is 9.10. The molecule has 2 rings (SSSR count). The molecule has 2 atom stereocenters. The molecule has 0 aliphatic heterocycles. The summed E-state index contributed by atoms with van der Waals surface area (Å²) < 4.78 is 13.7. The number of carbonyl (C=O) groups is 2. The molecule has 0 heterocycles. The predicted molar refractivity (Wildman–Crippen MR) is 71.2 cm³/mol. The molecular weight excluding hydrogens is 317 g/mol. The summed E-state index contributed by atoms with van der Waals surface area (Å²) in [5.41, 5.74) is 0.320. The third-order valence-electron chi connectivity index (χ3n) is 3.36. The van der Waals surface area contributed by atoms with Crippen molar-refractivity contribution < 1.29 is 19.1 Å². The molecular formula is C13H13BrFNO3. The number of aliphatic carboxylic acids is 1. The maximum absolute atomic E-state index is 13.1. The highest BCUT2D eigenvalue weighted by atomic mass is 79.9. The van der Waals surface area contributed by atoms with Crippen LogP contribution in [0.1, 0.15) is 19.3 Å². The van der Waals surface area contributed by atoms with Gasteiger partial charge >= 0.3 is 5.97 Å². The number of amides is 1. The molecule has 1 aliphatic carbocycles. The Morgan fingerprint density at radius 2 is 2.00 bits per heavy atom. The summed E-state index contributed by atoms with van der Waals surface area (Å²) in [5, 5.41) is 11.6. The highest BCUT2D eigenvalue weighted by Crippen LogP contribution is 2.33. The third kappa shape index (κ3) is 3.12. The van der Waals surface area contributed by atoms with E-state index in [1.165, 1.54) is 18.2 Å².